The normalized spacial score (nSPS) is 15.3. The number of amides is 1. The number of benzene rings is 2. The van der Waals surface area contributed by atoms with Gasteiger partial charge in [0.1, 0.15) is 11.3 Å². The second-order valence-electron chi connectivity index (χ2n) is 7.10. The third kappa shape index (κ3) is 4.42. The van der Waals surface area contributed by atoms with Gasteiger partial charge in [-0.3, -0.25) is 14.7 Å². The zero-order chi connectivity index (χ0) is 20.2. The summed E-state index contributed by atoms with van der Waals surface area (Å²) < 4.78 is 0. The number of fused-ring (bicyclic) bond motifs is 1. The van der Waals surface area contributed by atoms with Gasteiger partial charge in [-0.1, -0.05) is 41.9 Å². The van der Waals surface area contributed by atoms with Gasteiger partial charge in [-0.25, -0.2) is 0 Å². The first-order chi connectivity index (χ1) is 14.1. The van der Waals surface area contributed by atoms with E-state index in [-0.39, 0.29) is 11.7 Å². The predicted molar refractivity (Wildman–Crippen MR) is 116 cm³/mol. The van der Waals surface area contributed by atoms with Gasteiger partial charge in [0.25, 0.3) is 0 Å². The predicted octanol–water partition coefficient (Wildman–Crippen LogP) is 3.95. The second-order valence-corrected chi connectivity index (χ2v) is 7.51. The average Bonchev–Trinajstić information content (AvgIpc) is 2.76. The van der Waals surface area contributed by atoms with Crippen molar-refractivity contribution >= 4 is 34.5 Å². The maximum Gasteiger partial charge on any atom is 0.246 e. The van der Waals surface area contributed by atoms with E-state index in [9.17, 15) is 9.90 Å². The summed E-state index contributed by atoms with van der Waals surface area (Å²) in [6.07, 6.45) is 5.05. The molecule has 1 fully saturated rings. The van der Waals surface area contributed by atoms with Crippen LogP contribution in [0.2, 0.25) is 5.02 Å². The van der Waals surface area contributed by atoms with Crippen LogP contribution in [-0.2, 0) is 11.3 Å². The van der Waals surface area contributed by atoms with Crippen molar-refractivity contribution in [2.75, 3.05) is 26.2 Å². The molecule has 0 atom stereocenters. The third-order valence-corrected chi connectivity index (χ3v) is 5.57. The van der Waals surface area contributed by atoms with Crippen LogP contribution in [0.25, 0.3) is 17.0 Å². The molecule has 1 aromatic heterocycles. The summed E-state index contributed by atoms with van der Waals surface area (Å²) >= 11 is 6.14. The Hall–Kier alpha value is -2.89. The number of phenols is 1. The SMILES string of the molecule is O=C(/C=C/c1ccccc1Cl)N1CCN(Cc2ccc(O)c3ncccc23)CC1. The summed E-state index contributed by atoms with van der Waals surface area (Å²) in [5, 5.41) is 11.6. The molecule has 1 aliphatic rings. The fourth-order valence-corrected chi connectivity index (χ4v) is 3.80. The lowest BCUT2D eigenvalue weighted by Gasteiger charge is -2.34. The molecule has 29 heavy (non-hydrogen) atoms. The van der Waals surface area contributed by atoms with Crippen molar-refractivity contribution in [1.29, 1.82) is 0 Å². The Morgan fingerprint density at radius 2 is 1.86 bits per heavy atom. The second kappa shape index (κ2) is 8.64. The van der Waals surface area contributed by atoms with E-state index in [2.05, 4.69) is 9.88 Å². The van der Waals surface area contributed by atoms with Gasteiger partial charge in [0.15, 0.2) is 0 Å². The topological polar surface area (TPSA) is 56.7 Å². The molecular formula is C23H22ClN3O2. The van der Waals surface area contributed by atoms with E-state index in [1.54, 1.807) is 24.4 Å². The van der Waals surface area contributed by atoms with Crippen molar-refractivity contribution in [2.24, 2.45) is 0 Å². The number of phenolic OH excluding ortho intramolecular Hbond substituents is 1. The zero-order valence-corrected chi connectivity index (χ0v) is 16.7. The van der Waals surface area contributed by atoms with Gasteiger partial charge >= 0.3 is 0 Å². The molecule has 3 aromatic rings. The van der Waals surface area contributed by atoms with Crippen LogP contribution < -0.4 is 0 Å². The molecule has 0 bridgehead atoms. The van der Waals surface area contributed by atoms with Gasteiger partial charge < -0.3 is 10.0 Å². The number of carbonyl (C=O) groups is 1. The Morgan fingerprint density at radius 1 is 1.07 bits per heavy atom. The summed E-state index contributed by atoms with van der Waals surface area (Å²) in [4.78, 5) is 21.0. The number of aromatic hydroxyl groups is 1. The molecule has 0 spiro atoms. The number of pyridine rings is 1. The van der Waals surface area contributed by atoms with E-state index >= 15 is 0 Å². The Balaban J connectivity index is 1.37. The maximum atomic E-state index is 12.5. The maximum absolute atomic E-state index is 12.5. The number of nitrogens with zero attached hydrogens (tertiary/aromatic N) is 3. The van der Waals surface area contributed by atoms with Crippen LogP contribution in [0.3, 0.4) is 0 Å². The number of halogens is 1. The first-order valence-corrected chi connectivity index (χ1v) is 9.99. The monoisotopic (exact) mass is 407 g/mol. The molecule has 5 nitrogen and oxygen atoms in total. The summed E-state index contributed by atoms with van der Waals surface area (Å²) in [5.74, 6) is 0.203. The highest BCUT2D eigenvalue weighted by Gasteiger charge is 2.20. The van der Waals surface area contributed by atoms with Gasteiger partial charge in [-0.2, -0.15) is 0 Å². The smallest absolute Gasteiger partial charge is 0.246 e. The molecule has 6 heteroatoms. The zero-order valence-electron chi connectivity index (χ0n) is 16.0. The lowest BCUT2D eigenvalue weighted by atomic mass is 10.1. The van der Waals surface area contributed by atoms with Crippen molar-refractivity contribution in [3.8, 4) is 5.75 Å². The summed E-state index contributed by atoms with van der Waals surface area (Å²) in [7, 11) is 0. The first kappa shape index (κ1) is 19.4. The number of hydrogen-bond donors (Lipinski definition) is 1. The Bertz CT molecular complexity index is 1060. The summed E-state index contributed by atoms with van der Waals surface area (Å²) in [6, 6.07) is 15.0. The van der Waals surface area contributed by atoms with Gasteiger partial charge in [-0.05, 0) is 35.4 Å². The van der Waals surface area contributed by atoms with Crippen LogP contribution >= 0.6 is 11.6 Å². The number of hydrogen-bond acceptors (Lipinski definition) is 4. The fraction of sp³-hybridized carbons (Fsp3) is 0.217. The van der Waals surface area contributed by atoms with E-state index in [0.717, 1.165) is 36.1 Å². The molecule has 1 amide bonds. The summed E-state index contributed by atoms with van der Waals surface area (Å²) in [6.45, 7) is 3.72. The lowest BCUT2D eigenvalue weighted by Crippen LogP contribution is -2.47. The molecule has 2 aromatic carbocycles. The molecule has 148 valence electrons. The van der Waals surface area contributed by atoms with Crippen LogP contribution in [0.15, 0.2) is 60.8 Å². The lowest BCUT2D eigenvalue weighted by molar-refractivity contribution is -0.127. The van der Waals surface area contributed by atoms with E-state index in [1.165, 1.54) is 0 Å². The first-order valence-electron chi connectivity index (χ1n) is 9.61. The Kier molecular flexibility index (Phi) is 5.79. The van der Waals surface area contributed by atoms with Gasteiger partial charge in [0.05, 0.1) is 0 Å². The highest BCUT2D eigenvalue weighted by molar-refractivity contribution is 6.32. The molecule has 0 aliphatic carbocycles. The molecule has 2 heterocycles. The Labute approximate surface area is 174 Å². The molecule has 4 rings (SSSR count). The van der Waals surface area contributed by atoms with Crippen LogP contribution in [0.5, 0.6) is 5.75 Å². The molecule has 1 N–H and O–H groups in total. The molecule has 1 saturated heterocycles. The minimum Gasteiger partial charge on any atom is -0.506 e. The molecular weight excluding hydrogens is 386 g/mol. The van der Waals surface area contributed by atoms with E-state index in [4.69, 9.17) is 11.6 Å². The van der Waals surface area contributed by atoms with E-state index in [0.29, 0.717) is 23.6 Å². The Morgan fingerprint density at radius 3 is 2.66 bits per heavy atom. The van der Waals surface area contributed by atoms with Crippen molar-refractivity contribution in [1.82, 2.24) is 14.8 Å². The van der Waals surface area contributed by atoms with Gasteiger partial charge in [0.2, 0.25) is 5.91 Å². The quantitative estimate of drug-likeness (QED) is 0.665. The molecule has 0 saturated carbocycles. The molecule has 0 unspecified atom stereocenters. The molecule has 0 radical (unpaired) electrons. The van der Waals surface area contributed by atoms with Crippen molar-refractivity contribution in [3.05, 3.63) is 77.0 Å². The van der Waals surface area contributed by atoms with Crippen molar-refractivity contribution in [2.45, 2.75) is 6.54 Å². The number of piperazine rings is 1. The van der Waals surface area contributed by atoms with E-state index < -0.39 is 0 Å². The fourth-order valence-electron chi connectivity index (χ4n) is 3.60. The van der Waals surface area contributed by atoms with Gasteiger partial charge in [-0.15, -0.1) is 0 Å². The molecule has 1 aliphatic heterocycles. The van der Waals surface area contributed by atoms with Crippen LogP contribution in [-0.4, -0.2) is 52.0 Å². The van der Waals surface area contributed by atoms with Crippen molar-refractivity contribution < 1.29 is 9.90 Å². The van der Waals surface area contributed by atoms with Crippen LogP contribution in [0, 0.1) is 0 Å². The number of aromatic nitrogens is 1. The highest BCUT2D eigenvalue weighted by Crippen LogP contribution is 2.26. The number of rotatable bonds is 4. The van der Waals surface area contributed by atoms with Crippen LogP contribution in [0.4, 0.5) is 0 Å². The van der Waals surface area contributed by atoms with Gasteiger partial charge in [0, 0.05) is 55.4 Å². The standard InChI is InChI=1S/C23H22ClN3O2/c24-20-6-2-1-4-17(20)8-10-22(29)27-14-12-26(13-15-27)16-18-7-9-21(28)23-19(18)5-3-11-25-23/h1-11,28H,12-16H2/b10-8+. The largest absolute Gasteiger partial charge is 0.506 e. The summed E-state index contributed by atoms with van der Waals surface area (Å²) in [5.41, 5.74) is 2.60. The minimum atomic E-state index is 0.00357. The van der Waals surface area contributed by atoms with Crippen molar-refractivity contribution in [3.63, 3.8) is 0 Å². The minimum absolute atomic E-state index is 0.00357. The van der Waals surface area contributed by atoms with Crippen LogP contribution in [0.1, 0.15) is 11.1 Å². The average molecular weight is 408 g/mol. The number of carbonyl (C=O) groups excluding carboxylic acids is 1. The third-order valence-electron chi connectivity index (χ3n) is 5.23. The van der Waals surface area contributed by atoms with E-state index in [1.807, 2.05) is 47.4 Å². The highest BCUT2D eigenvalue weighted by atomic mass is 35.5.